The van der Waals surface area contributed by atoms with Gasteiger partial charge in [0.2, 0.25) is 5.95 Å². The van der Waals surface area contributed by atoms with Gasteiger partial charge in [0.1, 0.15) is 11.5 Å². The molecule has 0 saturated heterocycles. The molecular formula is C26H28F3N3O4. The van der Waals surface area contributed by atoms with Gasteiger partial charge in [-0.2, -0.15) is 0 Å². The van der Waals surface area contributed by atoms with Crippen molar-refractivity contribution in [3.63, 3.8) is 0 Å². The maximum Gasteiger partial charge on any atom is 0.573 e. The van der Waals surface area contributed by atoms with Gasteiger partial charge in [-0.05, 0) is 67.6 Å². The molecule has 0 atom stereocenters. The number of carboxylic acids is 1. The lowest BCUT2D eigenvalue weighted by atomic mass is 10.1. The highest BCUT2D eigenvalue weighted by atomic mass is 19.4. The molecule has 192 valence electrons. The Labute approximate surface area is 207 Å². The molecule has 2 aromatic carbocycles. The van der Waals surface area contributed by atoms with Crippen LogP contribution in [0.5, 0.6) is 11.5 Å². The third-order valence-electron chi connectivity index (χ3n) is 5.39. The lowest BCUT2D eigenvalue weighted by Crippen LogP contribution is -2.37. The molecule has 0 radical (unpaired) electrons. The second-order valence-corrected chi connectivity index (χ2v) is 8.67. The third-order valence-corrected chi connectivity index (χ3v) is 5.39. The number of anilines is 1. The number of aryl methyl sites for hydroxylation is 1. The zero-order chi connectivity index (χ0) is 26.3. The van der Waals surface area contributed by atoms with Crippen LogP contribution in [0.15, 0.2) is 60.9 Å². The van der Waals surface area contributed by atoms with E-state index in [2.05, 4.69) is 14.7 Å². The van der Waals surface area contributed by atoms with Crippen LogP contribution in [0.3, 0.4) is 0 Å². The highest BCUT2D eigenvalue weighted by Crippen LogP contribution is 2.24. The number of benzene rings is 2. The number of hydrogen-bond acceptors (Lipinski definition) is 6. The van der Waals surface area contributed by atoms with E-state index in [0.717, 1.165) is 23.1 Å². The molecule has 0 aliphatic carbocycles. The van der Waals surface area contributed by atoms with E-state index < -0.39 is 17.9 Å². The summed E-state index contributed by atoms with van der Waals surface area (Å²) in [5.74, 6) is -0.391. The minimum Gasteiger partial charge on any atom is -0.478 e. The molecule has 3 rings (SSSR count). The van der Waals surface area contributed by atoms with E-state index in [1.54, 1.807) is 36.7 Å². The van der Waals surface area contributed by atoms with Crippen molar-refractivity contribution < 1.29 is 32.5 Å². The summed E-state index contributed by atoms with van der Waals surface area (Å²) >= 11 is 0. The summed E-state index contributed by atoms with van der Waals surface area (Å²) in [4.78, 5) is 22.1. The van der Waals surface area contributed by atoms with E-state index in [1.807, 2.05) is 24.0 Å². The van der Waals surface area contributed by atoms with Crippen molar-refractivity contribution in [1.82, 2.24) is 9.97 Å². The van der Waals surface area contributed by atoms with E-state index in [0.29, 0.717) is 31.2 Å². The Morgan fingerprint density at radius 1 is 0.889 bits per heavy atom. The summed E-state index contributed by atoms with van der Waals surface area (Å²) < 4.78 is 46.9. The van der Waals surface area contributed by atoms with Gasteiger partial charge >= 0.3 is 12.3 Å². The maximum absolute atomic E-state index is 12.5. The number of aliphatic carboxylic acids is 1. The fourth-order valence-electron chi connectivity index (χ4n) is 3.29. The summed E-state index contributed by atoms with van der Waals surface area (Å²) in [7, 11) is 0. The number of hydrogen-bond donors (Lipinski definition) is 1. The fourth-order valence-corrected chi connectivity index (χ4v) is 3.29. The summed E-state index contributed by atoms with van der Waals surface area (Å²) in [6, 6.07) is 12.9. The average Bonchev–Trinajstić information content (AvgIpc) is 2.82. The zero-order valence-corrected chi connectivity index (χ0v) is 20.2. The highest BCUT2D eigenvalue weighted by Gasteiger charge is 2.31. The van der Waals surface area contributed by atoms with Gasteiger partial charge in [0.15, 0.2) is 5.60 Å². The van der Waals surface area contributed by atoms with Crippen LogP contribution in [-0.2, 0) is 24.2 Å². The van der Waals surface area contributed by atoms with Crippen LogP contribution in [0.2, 0.25) is 0 Å². The van der Waals surface area contributed by atoms with Crippen LogP contribution in [0.4, 0.5) is 19.1 Å². The predicted molar refractivity (Wildman–Crippen MR) is 128 cm³/mol. The first-order valence-corrected chi connectivity index (χ1v) is 11.4. The van der Waals surface area contributed by atoms with Crippen LogP contribution in [0.1, 0.15) is 37.5 Å². The second-order valence-electron chi connectivity index (χ2n) is 8.67. The topological polar surface area (TPSA) is 84.8 Å². The monoisotopic (exact) mass is 503 g/mol. The van der Waals surface area contributed by atoms with Gasteiger partial charge in [-0.3, -0.25) is 0 Å². The Balaban J connectivity index is 1.72. The van der Waals surface area contributed by atoms with Gasteiger partial charge in [0, 0.05) is 25.5 Å². The van der Waals surface area contributed by atoms with Crippen LogP contribution in [-0.4, -0.2) is 39.6 Å². The van der Waals surface area contributed by atoms with Gasteiger partial charge in [-0.25, -0.2) is 14.8 Å². The Bertz CT molecular complexity index is 1130. The van der Waals surface area contributed by atoms with Crippen molar-refractivity contribution in [3.8, 4) is 11.5 Å². The Hall–Kier alpha value is -3.82. The Morgan fingerprint density at radius 2 is 1.42 bits per heavy atom. The molecule has 0 saturated carbocycles. The molecule has 0 fully saturated rings. The number of halogens is 3. The number of nitrogens with zero attached hydrogens (tertiary/aromatic N) is 3. The number of rotatable bonds is 11. The van der Waals surface area contributed by atoms with E-state index in [9.17, 15) is 23.1 Å². The van der Waals surface area contributed by atoms with Crippen LogP contribution in [0.25, 0.3) is 0 Å². The Kier molecular flexibility index (Phi) is 8.39. The van der Waals surface area contributed by atoms with Crippen molar-refractivity contribution in [1.29, 1.82) is 0 Å². The number of alkyl halides is 3. The molecule has 1 N–H and O–H groups in total. The molecule has 0 aliphatic rings. The molecule has 0 spiro atoms. The molecule has 0 amide bonds. The molecule has 1 heterocycles. The molecule has 10 heteroatoms. The van der Waals surface area contributed by atoms with E-state index >= 15 is 0 Å². The van der Waals surface area contributed by atoms with Crippen molar-refractivity contribution >= 4 is 11.9 Å². The first kappa shape index (κ1) is 26.8. The molecule has 36 heavy (non-hydrogen) atoms. The van der Waals surface area contributed by atoms with Crippen molar-refractivity contribution in [2.75, 3.05) is 11.4 Å². The minimum absolute atomic E-state index is 0.283. The standard InChI is InChI=1S/C26H28F3N3O4/c1-4-18-15-30-24(31-16-18)32(17-20-7-11-22(12-8-20)36-26(27,28)29)14-13-19-5-9-21(10-6-19)35-25(2,3)23(33)34/h5-12,15-16H,4,13-14,17H2,1-3H3,(H,33,34). The quantitative estimate of drug-likeness (QED) is 0.374. The van der Waals surface area contributed by atoms with Crippen LogP contribution < -0.4 is 14.4 Å². The molecule has 0 aliphatic heterocycles. The van der Waals surface area contributed by atoms with E-state index in [-0.39, 0.29) is 5.75 Å². The molecule has 1 aromatic heterocycles. The summed E-state index contributed by atoms with van der Waals surface area (Å²) in [6.07, 6.45) is 0.190. The molecular weight excluding hydrogens is 475 g/mol. The van der Waals surface area contributed by atoms with Gasteiger partial charge < -0.3 is 19.5 Å². The van der Waals surface area contributed by atoms with Crippen molar-refractivity contribution in [2.24, 2.45) is 0 Å². The van der Waals surface area contributed by atoms with Crippen LogP contribution in [0, 0.1) is 0 Å². The highest BCUT2D eigenvalue weighted by molar-refractivity contribution is 5.76. The first-order valence-electron chi connectivity index (χ1n) is 11.4. The SMILES string of the molecule is CCc1cnc(N(CCc2ccc(OC(C)(C)C(=O)O)cc2)Cc2ccc(OC(F)(F)F)cc2)nc1. The molecule has 0 bridgehead atoms. The van der Waals surface area contributed by atoms with E-state index in [4.69, 9.17) is 4.74 Å². The molecule has 7 nitrogen and oxygen atoms in total. The molecule has 0 unspecified atom stereocenters. The minimum atomic E-state index is -4.74. The number of ether oxygens (including phenoxy) is 2. The van der Waals surface area contributed by atoms with Gasteiger partial charge in [0.25, 0.3) is 0 Å². The third kappa shape index (κ3) is 7.86. The zero-order valence-electron chi connectivity index (χ0n) is 20.2. The average molecular weight is 504 g/mol. The smallest absolute Gasteiger partial charge is 0.478 e. The Morgan fingerprint density at radius 3 is 1.92 bits per heavy atom. The normalized spacial score (nSPS) is 11.7. The number of aromatic nitrogens is 2. The van der Waals surface area contributed by atoms with Gasteiger partial charge in [-0.1, -0.05) is 31.2 Å². The summed E-state index contributed by atoms with van der Waals surface area (Å²) in [5, 5.41) is 9.23. The summed E-state index contributed by atoms with van der Waals surface area (Å²) in [5.41, 5.74) is 1.40. The largest absolute Gasteiger partial charge is 0.573 e. The van der Waals surface area contributed by atoms with Gasteiger partial charge in [0.05, 0.1) is 0 Å². The summed E-state index contributed by atoms with van der Waals surface area (Å²) in [6.45, 7) is 5.88. The lowest BCUT2D eigenvalue weighted by molar-refractivity contribution is -0.274. The fraction of sp³-hybridized carbons (Fsp3) is 0.346. The van der Waals surface area contributed by atoms with Gasteiger partial charge in [-0.15, -0.1) is 13.2 Å². The van der Waals surface area contributed by atoms with Crippen molar-refractivity contribution in [3.05, 3.63) is 77.6 Å². The predicted octanol–water partition coefficient (Wildman–Crippen LogP) is 5.43. The maximum atomic E-state index is 12.5. The first-order chi connectivity index (χ1) is 16.9. The van der Waals surface area contributed by atoms with Crippen LogP contribution >= 0.6 is 0 Å². The molecule has 3 aromatic rings. The second kappa shape index (κ2) is 11.3. The van der Waals surface area contributed by atoms with E-state index in [1.165, 1.54) is 26.0 Å². The lowest BCUT2D eigenvalue weighted by Gasteiger charge is -2.23. The van der Waals surface area contributed by atoms with Crippen molar-refractivity contribution in [2.45, 2.75) is 52.1 Å². The number of carboxylic acid groups (broad SMARTS) is 1. The number of carbonyl (C=O) groups is 1.